The number of carboxylic acids is 1. The lowest BCUT2D eigenvalue weighted by Gasteiger charge is -2.07. The Kier molecular flexibility index (Phi) is 7.59. The van der Waals surface area contributed by atoms with Gasteiger partial charge in [0.25, 0.3) is 0 Å². The van der Waals surface area contributed by atoms with Crippen molar-refractivity contribution in [3.8, 4) is 5.75 Å². The summed E-state index contributed by atoms with van der Waals surface area (Å²) in [7, 11) is 0. The van der Waals surface area contributed by atoms with Crippen molar-refractivity contribution in [1.82, 2.24) is 0 Å². The first-order chi connectivity index (χ1) is 7.63. The smallest absolute Gasteiger partial charge is 0.335 e. The predicted molar refractivity (Wildman–Crippen MR) is 62.6 cm³/mol. The topological polar surface area (TPSA) is 60.4 Å². The molecular weight excluding hydrogens is 204 g/mol. The second-order valence-corrected chi connectivity index (χ2v) is 3.23. The van der Waals surface area contributed by atoms with Gasteiger partial charge in [-0.1, -0.05) is 49.8 Å². The van der Waals surface area contributed by atoms with Gasteiger partial charge in [0.15, 0.2) is 0 Å². The molecule has 1 aromatic carbocycles. The largest absolute Gasteiger partial charge is 0.872 e. The van der Waals surface area contributed by atoms with Gasteiger partial charge in [-0.05, 0) is 12.5 Å². The van der Waals surface area contributed by atoms with Gasteiger partial charge in [-0.2, -0.15) is 0 Å². The molecule has 1 rings (SSSR count). The van der Waals surface area contributed by atoms with E-state index in [0.29, 0.717) is 0 Å². The van der Waals surface area contributed by atoms with E-state index in [1.807, 2.05) is 6.08 Å². The van der Waals surface area contributed by atoms with Crippen molar-refractivity contribution in [2.24, 2.45) is 0 Å². The van der Waals surface area contributed by atoms with Crippen molar-refractivity contribution in [2.45, 2.75) is 26.2 Å². The molecule has 16 heavy (non-hydrogen) atoms. The van der Waals surface area contributed by atoms with Crippen LogP contribution in [0.5, 0.6) is 5.75 Å². The Morgan fingerprint density at radius 1 is 1.50 bits per heavy atom. The van der Waals surface area contributed by atoms with Gasteiger partial charge >= 0.3 is 5.97 Å². The first-order valence-electron chi connectivity index (χ1n) is 5.23. The molecule has 88 valence electrons. The minimum Gasteiger partial charge on any atom is -0.872 e. The average molecular weight is 221 g/mol. The third-order valence-electron chi connectivity index (χ3n) is 1.88. The minimum atomic E-state index is -1.18. The van der Waals surface area contributed by atoms with E-state index in [-0.39, 0.29) is 5.56 Å². The van der Waals surface area contributed by atoms with Crippen molar-refractivity contribution in [3.05, 3.63) is 42.5 Å². The molecule has 0 amide bonds. The Balaban J connectivity index is 0.000000325. The molecule has 0 bridgehead atoms. The molecule has 0 saturated carbocycles. The molecule has 0 spiro atoms. The first kappa shape index (κ1) is 14.2. The standard InChI is InChI=1S/C7H6O3.C6H12/c8-6-4-2-1-3-5(6)7(9)10;1-3-5-6-4-2/h1-4,8H,(H,9,10);3H,1,4-6H2,2H3/p-1. The number of para-hydroxylation sites is 1. The summed E-state index contributed by atoms with van der Waals surface area (Å²) in [6.45, 7) is 5.78. The van der Waals surface area contributed by atoms with Gasteiger partial charge in [0.2, 0.25) is 0 Å². The van der Waals surface area contributed by atoms with Gasteiger partial charge in [0.1, 0.15) is 0 Å². The van der Waals surface area contributed by atoms with E-state index in [4.69, 9.17) is 5.11 Å². The van der Waals surface area contributed by atoms with E-state index in [1.54, 1.807) is 0 Å². The van der Waals surface area contributed by atoms with Crippen molar-refractivity contribution in [1.29, 1.82) is 0 Å². The Hall–Kier alpha value is -1.77. The van der Waals surface area contributed by atoms with Gasteiger partial charge < -0.3 is 10.2 Å². The van der Waals surface area contributed by atoms with E-state index in [2.05, 4.69) is 13.5 Å². The summed E-state index contributed by atoms with van der Waals surface area (Å²) >= 11 is 0. The second-order valence-electron chi connectivity index (χ2n) is 3.23. The van der Waals surface area contributed by atoms with Crippen LogP contribution in [0.4, 0.5) is 0 Å². The molecular formula is C13H17O3-. The SMILES string of the molecule is C=CCCCC.O=C(O)c1ccccc1[O-]. The van der Waals surface area contributed by atoms with Crippen LogP contribution >= 0.6 is 0 Å². The van der Waals surface area contributed by atoms with Crippen LogP contribution in [0.25, 0.3) is 0 Å². The number of carbonyl (C=O) groups is 1. The second kappa shape index (κ2) is 8.53. The summed E-state index contributed by atoms with van der Waals surface area (Å²) in [6, 6.07) is 5.54. The lowest BCUT2D eigenvalue weighted by atomic mass is 10.2. The molecule has 0 aromatic heterocycles. The minimum absolute atomic E-state index is 0.178. The molecule has 0 atom stereocenters. The van der Waals surface area contributed by atoms with E-state index in [9.17, 15) is 9.90 Å². The fourth-order valence-corrected chi connectivity index (χ4v) is 0.992. The number of carboxylic acid groups (broad SMARTS) is 1. The monoisotopic (exact) mass is 221 g/mol. The summed E-state index contributed by atoms with van der Waals surface area (Å²) in [5.74, 6) is -1.62. The highest BCUT2D eigenvalue weighted by Gasteiger charge is 1.99. The van der Waals surface area contributed by atoms with Gasteiger partial charge in [0, 0.05) is 0 Å². The van der Waals surface area contributed by atoms with Crippen LogP contribution in [0.1, 0.15) is 36.5 Å². The zero-order valence-corrected chi connectivity index (χ0v) is 9.48. The van der Waals surface area contributed by atoms with Crippen LogP contribution in [0, 0.1) is 0 Å². The zero-order valence-electron chi connectivity index (χ0n) is 9.48. The highest BCUT2D eigenvalue weighted by atomic mass is 16.4. The van der Waals surface area contributed by atoms with Gasteiger partial charge in [-0.25, -0.2) is 4.79 Å². The maximum absolute atomic E-state index is 10.7. The number of hydrogen-bond acceptors (Lipinski definition) is 2. The lowest BCUT2D eigenvalue weighted by Crippen LogP contribution is -2.02. The van der Waals surface area contributed by atoms with E-state index >= 15 is 0 Å². The Morgan fingerprint density at radius 3 is 2.44 bits per heavy atom. The number of unbranched alkanes of at least 4 members (excludes halogenated alkanes) is 2. The number of aromatic carboxylic acids is 1. The van der Waals surface area contributed by atoms with Crippen LogP contribution in [-0.4, -0.2) is 11.1 Å². The van der Waals surface area contributed by atoms with Crippen molar-refractivity contribution >= 4 is 5.97 Å². The van der Waals surface area contributed by atoms with E-state index < -0.39 is 11.7 Å². The fourth-order valence-electron chi connectivity index (χ4n) is 0.992. The summed E-state index contributed by atoms with van der Waals surface area (Å²) < 4.78 is 0. The fraction of sp³-hybridized carbons (Fsp3) is 0.308. The van der Waals surface area contributed by atoms with Crippen LogP contribution in [0.15, 0.2) is 36.9 Å². The molecule has 0 aliphatic rings. The van der Waals surface area contributed by atoms with Crippen LogP contribution in [0.3, 0.4) is 0 Å². The Labute approximate surface area is 96.1 Å². The molecule has 1 aromatic rings. The van der Waals surface area contributed by atoms with Gasteiger partial charge in [-0.15, -0.1) is 6.58 Å². The quantitative estimate of drug-likeness (QED) is 0.628. The van der Waals surface area contributed by atoms with E-state index in [1.165, 1.54) is 43.5 Å². The molecule has 1 N–H and O–H groups in total. The number of benzene rings is 1. The number of rotatable bonds is 4. The molecule has 0 fully saturated rings. The summed E-state index contributed by atoms with van der Waals surface area (Å²) in [6.07, 6.45) is 5.72. The molecule has 0 unspecified atom stereocenters. The highest BCUT2D eigenvalue weighted by Crippen LogP contribution is 2.10. The maximum atomic E-state index is 10.7. The third-order valence-corrected chi connectivity index (χ3v) is 1.88. The maximum Gasteiger partial charge on any atom is 0.335 e. The van der Waals surface area contributed by atoms with Crippen LogP contribution in [0.2, 0.25) is 0 Å². The summed E-state index contributed by atoms with van der Waals surface area (Å²) in [4.78, 5) is 10.2. The predicted octanol–water partition coefficient (Wildman–Crippen LogP) is 2.82. The third kappa shape index (κ3) is 5.86. The molecule has 3 nitrogen and oxygen atoms in total. The first-order valence-corrected chi connectivity index (χ1v) is 5.23. The van der Waals surface area contributed by atoms with Crippen molar-refractivity contribution < 1.29 is 15.0 Å². The van der Waals surface area contributed by atoms with Crippen molar-refractivity contribution in [2.75, 3.05) is 0 Å². The van der Waals surface area contributed by atoms with Crippen LogP contribution in [-0.2, 0) is 0 Å². The van der Waals surface area contributed by atoms with Crippen molar-refractivity contribution in [3.63, 3.8) is 0 Å². The molecule has 0 heterocycles. The zero-order chi connectivity index (χ0) is 12.4. The molecule has 0 aliphatic heterocycles. The summed E-state index contributed by atoms with van der Waals surface area (Å²) in [5, 5.41) is 19.0. The van der Waals surface area contributed by atoms with Gasteiger partial charge in [0.05, 0.1) is 5.56 Å². The van der Waals surface area contributed by atoms with E-state index in [0.717, 1.165) is 0 Å². The Morgan fingerprint density at radius 2 is 2.12 bits per heavy atom. The average Bonchev–Trinajstić information content (AvgIpc) is 2.27. The Bertz CT molecular complexity index is 332. The van der Waals surface area contributed by atoms with Gasteiger partial charge in [-0.3, -0.25) is 0 Å². The molecule has 3 heteroatoms. The normalized spacial score (nSPS) is 8.81. The summed E-state index contributed by atoms with van der Waals surface area (Å²) in [5.41, 5.74) is -0.178. The molecule has 0 aliphatic carbocycles. The van der Waals surface area contributed by atoms with Crippen LogP contribution < -0.4 is 5.11 Å². The lowest BCUT2D eigenvalue weighted by molar-refractivity contribution is -0.268. The molecule has 0 radical (unpaired) electrons. The number of hydrogen-bond donors (Lipinski definition) is 1. The molecule has 0 saturated heterocycles. The highest BCUT2D eigenvalue weighted by molar-refractivity contribution is 5.90. The number of allylic oxidation sites excluding steroid dienone is 1.